The zero-order valence-electron chi connectivity index (χ0n) is 19.1. The van der Waals surface area contributed by atoms with E-state index in [9.17, 15) is 5.21 Å². The molecule has 0 radical (unpaired) electrons. The van der Waals surface area contributed by atoms with E-state index in [0.29, 0.717) is 12.0 Å². The molecule has 0 unspecified atom stereocenters. The molecule has 2 bridgehead atoms. The molecule has 3 atom stereocenters. The molecule has 1 saturated heterocycles. The van der Waals surface area contributed by atoms with Gasteiger partial charge in [0.05, 0.1) is 11.8 Å². The lowest BCUT2D eigenvalue weighted by Crippen LogP contribution is -2.58. The molecular weight excluding hydrogens is 384 g/mol. The van der Waals surface area contributed by atoms with Crippen molar-refractivity contribution in [1.82, 2.24) is 4.90 Å². The molecule has 2 aliphatic rings. The van der Waals surface area contributed by atoms with Crippen molar-refractivity contribution in [2.24, 2.45) is 11.1 Å². The summed E-state index contributed by atoms with van der Waals surface area (Å²) in [6.45, 7) is 8.68. The van der Waals surface area contributed by atoms with Crippen molar-refractivity contribution in [3.8, 4) is 5.75 Å². The quantitative estimate of drug-likeness (QED) is 0.463. The van der Waals surface area contributed by atoms with Crippen LogP contribution in [0.1, 0.15) is 57.6 Å². The Hall–Kier alpha value is -2.33. The van der Waals surface area contributed by atoms with Gasteiger partial charge in [-0.1, -0.05) is 54.5 Å². The molecule has 4 rings (SSSR count). The van der Waals surface area contributed by atoms with E-state index in [1.165, 1.54) is 11.1 Å². The lowest BCUT2D eigenvalue weighted by molar-refractivity contribution is 0.0385. The fourth-order valence-electron chi connectivity index (χ4n) is 5.72. The van der Waals surface area contributed by atoms with Crippen LogP contribution in [-0.2, 0) is 11.8 Å². The first-order valence-corrected chi connectivity index (χ1v) is 11.7. The smallest absolute Gasteiger partial charge is 0.119 e. The van der Waals surface area contributed by atoms with Crippen molar-refractivity contribution in [3.05, 3.63) is 65.7 Å². The van der Waals surface area contributed by atoms with Crippen LogP contribution >= 0.6 is 0 Å². The predicted molar refractivity (Wildman–Crippen MR) is 126 cm³/mol. The van der Waals surface area contributed by atoms with Crippen LogP contribution in [0, 0.1) is 5.92 Å². The van der Waals surface area contributed by atoms with E-state index in [1.807, 2.05) is 6.07 Å². The molecule has 1 saturated carbocycles. The summed E-state index contributed by atoms with van der Waals surface area (Å²) in [6.07, 6.45) is 5.25. The lowest BCUT2D eigenvalue weighted by atomic mass is 9.58. The van der Waals surface area contributed by atoms with Gasteiger partial charge in [-0.3, -0.25) is 4.90 Å². The number of ether oxygens (including phenoxy) is 1. The highest BCUT2D eigenvalue weighted by atomic mass is 16.5. The van der Waals surface area contributed by atoms with Crippen LogP contribution in [-0.4, -0.2) is 41.1 Å². The third kappa shape index (κ3) is 4.79. The summed E-state index contributed by atoms with van der Waals surface area (Å²) in [5.41, 5.74) is 3.68. The molecule has 0 spiro atoms. The van der Waals surface area contributed by atoms with Gasteiger partial charge in [0.1, 0.15) is 5.75 Å². The largest absolute Gasteiger partial charge is 0.491 e. The van der Waals surface area contributed by atoms with Gasteiger partial charge in [-0.25, -0.2) is 0 Å². The highest BCUT2D eigenvalue weighted by Crippen LogP contribution is 2.49. The fraction of sp³-hybridized carbons (Fsp3) is 0.519. The first-order valence-electron chi connectivity index (χ1n) is 11.7. The molecule has 2 fully saturated rings. The number of aryl methyl sites for hydroxylation is 1. The van der Waals surface area contributed by atoms with E-state index in [4.69, 9.17) is 4.74 Å². The van der Waals surface area contributed by atoms with Crippen LogP contribution in [0.3, 0.4) is 0 Å². The predicted octanol–water partition coefficient (Wildman–Crippen LogP) is 5.68. The Morgan fingerprint density at radius 3 is 2.71 bits per heavy atom. The van der Waals surface area contributed by atoms with E-state index in [1.54, 1.807) is 0 Å². The molecule has 2 aromatic carbocycles. The minimum absolute atomic E-state index is 0.0107. The number of fused-ring (bicyclic) bond motifs is 2. The zero-order valence-corrected chi connectivity index (χ0v) is 19.1. The summed E-state index contributed by atoms with van der Waals surface area (Å²) >= 11 is 0. The molecule has 31 heavy (non-hydrogen) atoms. The second-order valence-corrected chi connectivity index (χ2v) is 9.74. The molecule has 2 aromatic rings. The highest BCUT2D eigenvalue weighted by Gasteiger charge is 2.50. The monoisotopic (exact) mass is 420 g/mol. The first-order chi connectivity index (χ1) is 15.0. The third-order valence-corrected chi connectivity index (χ3v) is 7.23. The maximum atomic E-state index is 9.72. The minimum Gasteiger partial charge on any atom is -0.491 e. The highest BCUT2D eigenvalue weighted by molar-refractivity contribution is 5.87. The van der Waals surface area contributed by atoms with Crippen LogP contribution in [0.2, 0.25) is 0 Å². The Balaban J connectivity index is 1.53. The van der Waals surface area contributed by atoms with Crippen LogP contribution in [0.5, 0.6) is 5.75 Å². The topological polar surface area (TPSA) is 45.1 Å². The summed E-state index contributed by atoms with van der Waals surface area (Å²) in [5, 5.41) is 13.4. The number of rotatable bonds is 7. The van der Waals surface area contributed by atoms with Crippen molar-refractivity contribution in [3.63, 3.8) is 0 Å². The molecule has 4 heteroatoms. The van der Waals surface area contributed by atoms with Crippen LogP contribution < -0.4 is 4.74 Å². The Morgan fingerprint density at radius 1 is 1.16 bits per heavy atom. The Labute approximate surface area is 186 Å². The Kier molecular flexibility index (Phi) is 6.66. The summed E-state index contributed by atoms with van der Waals surface area (Å²) in [5.74, 6) is 1.41. The van der Waals surface area contributed by atoms with Gasteiger partial charge in [0.2, 0.25) is 0 Å². The number of nitrogens with zero attached hydrogens (tertiary/aromatic N) is 2. The van der Waals surface area contributed by atoms with Gasteiger partial charge in [-0.2, -0.15) is 0 Å². The minimum atomic E-state index is 0.0107. The molecule has 1 N–H and O–H groups in total. The maximum Gasteiger partial charge on any atom is 0.119 e. The fourth-order valence-corrected chi connectivity index (χ4v) is 5.72. The van der Waals surface area contributed by atoms with E-state index < -0.39 is 0 Å². The maximum absolute atomic E-state index is 9.72. The standard InChI is InChI=1S/C27H36N2O2/c1-20(2)31-26-13-7-12-23(15-26)27-17-24(28-30)16-25(18-27)29(19-21(27)3)14-8-11-22-9-5-4-6-10-22/h4-7,9-10,12-13,15,20-21,25,30H,8,11,14,16-19H2,1-3H3/b28-24-/t21-,25+,27+/m1/s1. The number of benzene rings is 2. The van der Waals surface area contributed by atoms with Gasteiger partial charge in [0.15, 0.2) is 0 Å². The van der Waals surface area contributed by atoms with Crippen LogP contribution in [0.15, 0.2) is 59.8 Å². The first kappa shape index (κ1) is 21.9. The normalized spacial score (nSPS) is 27.5. The number of hydrogen-bond donors (Lipinski definition) is 1. The molecule has 166 valence electrons. The zero-order chi connectivity index (χ0) is 21.8. The molecule has 1 aliphatic carbocycles. The third-order valence-electron chi connectivity index (χ3n) is 7.23. The second kappa shape index (κ2) is 9.44. The van der Waals surface area contributed by atoms with Crippen molar-refractivity contribution < 1.29 is 9.94 Å². The van der Waals surface area contributed by atoms with Gasteiger partial charge in [0.25, 0.3) is 0 Å². The van der Waals surface area contributed by atoms with Gasteiger partial charge in [-0.15, -0.1) is 0 Å². The summed E-state index contributed by atoms with van der Waals surface area (Å²) in [4.78, 5) is 2.64. The SMILES string of the molecule is CC(C)Oc1cccc([C@@]23C/C(=N\O)C[C@@H](C2)N(CCCc2ccccc2)C[C@H]3C)c1. The molecular formula is C27H36N2O2. The van der Waals surface area contributed by atoms with E-state index in [-0.39, 0.29) is 11.5 Å². The number of oxime groups is 1. The van der Waals surface area contributed by atoms with Crippen LogP contribution in [0.25, 0.3) is 0 Å². The van der Waals surface area contributed by atoms with Gasteiger partial charge < -0.3 is 9.94 Å². The van der Waals surface area contributed by atoms with E-state index in [2.05, 4.69) is 79.4 Å². The summed E-state index contributed by atoms with van der Waals surface area (Å²) in [6, 6.07) is 19.8. The molecule has 0 aromatic heterocycles. The summed E-state index contributed by atoms with van der Waals surface area (Å²) < 4.78 is 5.99. The molecule has 1 heterocycles. The van der Waals surface area contributed by atoms with Crippen LogP contribution in [0.4, 0.5) is 0 Å². The Morgan fingerprint density at radius 2 is 1.97 bits per heavy atom. The number of piperidine rings is 1. The number of hydrogen-bond acceptors (Lipinski definition) is 4. The van der Waals surface area contributed by atoms with Crippen molar-refractivity contribution in [1.29, 1.82) is 0 Å². The average Bonchev–Trinajstić information content (AvgIpc) is 2.77. The van der Waals surface area contributed by atoms with E-state index in [0.717, 1.165) is 56.7 Å². The molecule has 0 amide bonds. The van der Waals surface area contributed by atoms with E-state index >= 15 is 0 Å². The average molecular weight is 421 g/mol. The number of likely N-dealkylation sites (tertiary alicyclic amines) is 1. The van der Waals surface area contributed by atoms with Crippen molar-refractivity contribution >= 4 is 5.71 Å². The Bertz CT molecular complexity index is 895. The lowest BCUT2D eigenvalue weighted by Gasteiger charge is -2.54. The van der Waals surface area contributed by atoms with Crippen molar-refractivity contribution in [2.45, 2.75) is 70.4 Å². The summed E-state index contributed by atoms with van der Waals surface area (Å²) in [7, 11) is 0. The van der Waals surface area contributed by atoms with Gasteiger partial charge in [0, 0.05) is 24.4 Å². The molecule has 1 aliphatic heterocycles. The van der Waals surface area contributed by atoms with Gasteiger partial charge in [-0.05, 0) is 75.3 Å². The second-order valence-electron chi connectivity index (χ2n) is 9.74. The van der Waals surface area contributed by atoms with Gasteiger partial charge >= 0.3 is 0 Å². The molecule has 4 nitrogen and oxygen atoms in total. The van der Waals surface area contributed by atoms with Crippen molar-refractivity contribution in [2.75, 3.05) is 13.1 Å².